The number of hydrogen-bond donors (Lipinski definition) is 1. The summed E-state index contributed by atoms with van der Waals surface area (Å²) in [5.74, 6) is -0.189. The maximum absolute atomic E-state index is 13.3. The summed E-state index contributed by atoms with van der Waals surface area (Å²) in [6.45, 7) is 6.48. The second kappa shape index (κ2) is 8.11. The molecule has 1 atom stereocenters. The molecule has 0 aliphatic carbocycles. The lowest BCUT2D eigenvalue weighted by atomic mass is 10.1. The first-order valence-corrected chi connectivity index (χ1v) is 8.38. The van der Waals surface area contributed by atoms with Gasteiger partial charge in [-0.1, -0.05) is 19.4 Å². The SMILES string of the molecule is CCCCN(Cc1ccc(F)c(Br)c1)CC1CCCN1. The molecule has 2 rings (SSSR count). The zero-order chi connectivity index (χ0) is 14.4. The minimum Gasteiger partial charge on any atom is -0.313 e. The highest BCUT2D eigenvalue weighted by molar-refractivity contribution is 9.10. The normalized spacial score (nSPS) is 18.9. The lowest BCUT2D eigenvalue weighted by Gasteiger charge is -2.25. The molecule has 1 unspecified atom stereocenters. The van der Waals surface area contributed by atoms with E-state index in [-0.39, 0.29) is 5.82 Å². The van der Waals surface area contributed by atoms with Gasteiger partial charge in [-0.15, -0.1) is 0 Å². The molecule has 20 heavy (non-hydrogen) atoms. The fourth-order valence-corrected chi connectivity index (χ4v) is 3.16. The summed E-state index contributed by atoms with van der Waals surface area (Å²) in [6, 6.07) is 5.96. The van der Waals surface area contributed by atoms with Gasteiger partial charge in [-0.3, -0.25) is 4.90 Å². The van der Waals surface area contributed by atoms with Crippen LogP contribution in [0.15, 0.2) is 22.7 Å². The summed E-state index contributed by atoms with van der Waals surface area (Å²) in [4.78, 5) is 2.49. The van der Waals surface area contributed by atoms with Gasteiger partial charge in [0.1, 0.15) is 5.82 Å². The van der Waals surface area contributed by atoms with Crippen molar-refractivity contribution in [3.8, 4) is 0 Å². The van der Waals surface area contributed by atoms with Crippen LogP contribution in [-0.4, -0.2) is 30.6 Å². The number of rotatable bonds is 7. The van der Waals surface area contributed by atoms with Gasteiger partial charge in [0.25, 0.3) is 0 Å². The molecule has 1 aliphatic rings. The average molecular weight is 343 g/mol. The molecule has 1 aromatic rings. The Kier molecular flexibility index (Phi) is 6.46. The van der Waals surface area contributed by atoms with E-state index in [0.717, 1.165) is 26.2 Å². The molecule has 112 valence electrons. The quantitative estimate of drug-likeness (QED) is 0.807. The standard InChI is InChI=1S/C16H24BrFN2/c1-2-3-9-20(12-14-5-4-8-19-14)11-13-6-7-16(18)15(17)10-13/h6-7,10,14,19H,2-5,8-9,11-12H2,1H3. The van der Waals surface area contributed by atoms with Crippen molar-refractivity contribution in [3.63, 3.8) is 0 Å². The molecule has 0 aromatic heterocycles. The molecule has 1 aromatic carbocycles. The topological polar surface area (TPSA) is 15.3 Å². The number of hydrogen-bond acceptors (Lipinski definition) is 2. The average Bonchev–Trinajstić information content (AvgIpc) is 2.93. The van der Waals surface area contributed by atoms with Gasteiger partial charge in [0, 0.05) is 19.1 Å². The first-order valence-electron chi connectivity index (χ1n) is 7.58. The van der Waals surface area contributed by atoms with Gasteiger partial charge in [-0.25, -0.2) is 4.39 Å². The summed E-state index contributed by atoms with van der Waals surface area (Å²) in [6.07, 6.45) is 4.99. The van der Waals surface area contributed by atoms with Crippen molar-refractivity contribution in [2.24, 2.45) is 0 Å². The highest BCUT2D eigenvalue weighted by Gasteiger charge is 2.18. The molecule has 1 aliphatic heterocycles. The minimum absolute atomic E-state index is 0.189. The van der Waals surface area contributed by atoms with E-state index >= 15 is 0 Å². The lowest BCUT2D eigenvalue weighted by Crippen LogP contribution is -2.37. The van der Waals surface area contributed by atoms with E-state index in [2.05, 4.69) is 33.1 Å². The maximum atomic E-state index is 13.3. The Hall–Kier alpha value is -0.450. The van der Waals surface area contributed by atoms with Crippen LogP contribution in [-0.2, 0) is 6.54 Å². The van der Waals surface area contributed by atoms with Crippen molar-refractivity contribution in [3.05, 3.63) is 34.1 Å². The molecule has 4 heteroatoms. The van der Waals surface area contributed by atoms with Gasteiger partial charge in [0.2, 0.25) is 0 Å². The third kappa shape index (κ3) is 4.83. The Morgan fingerprint density at radius 3 is 2.95 bits per heavy atom. The van der Waals surface area contributed by atoms with E-state index in [0.29, 0.717) is 10.5 Å². The molecule has 1 heterocycles. The van der Waals surface area contributed by atoms with Gasteiger partial charge < -0.3 is 5.32 Å². The van der Waals surface area contributed by atoms with E-state index < -0.39 is 0 Å². The summed E-state index contributed by atoms with van der Waals surface area (Å²) in [7, 11) is 0. The van der Waals surface area contributed by atoms with Crippen LogP contribution < -0.4 is 5.32 Å². The van der Waals surface area contributed by atoms with Crippen LogP contribution in [0.4, 0.5) is 4.39 Å². The van der Waals surface area contributed by atoms with E-state index in [9.17, 15) is 4.39 Å². The Morgan fingerprint density at radius 1 is 1.45 bits per heavy atom. The zero-order valence-corrected chi connectivity index (χ0v) is 13.8. The molecule has 0 bridgehead atoms. The second-order valence-electron chi connectivity index (χ2n) is 5.63. The van der Waals surface area contributed by atoms with Crippen LogP contribution in [0.25, 0.3) is 0 Å². The summed E-state index contributed by atoms with van der Waals surface area (Å²) in [5, 5.41) is 3.56. The van der Waals surface area contributed by atoms with E-state index in [4.69, 9.17) is 0 Å². The third-order valence-electron chi connectivity index (χ3n) is 3.86. The lowest BCUT2D eigenvalue weighted by molar-refractivity contribution is 0.237. The second-order valence-corrected chi connectivity index (χ2v) is 6.48. The van der Waals surface area contributed by atoms with Crippen molar-refractivity contribution in [2.75, 3.05) is 19.6 Å². The number of benzene rings is 1. The summed E-state index contributed by atoms with van der Waals surface area (Å²) < 4.78 is 13.9. The number of unbranched alkanes of at least 4 members (excludes halogenated alkanes) is 1. The first kappa shape index (κ1) is 15.9. The van der Waals surface area contributed by atoms with Gasteiger partial charge >= 0.3 is 0 Å². The largest absolute Gasteiger partial charge is 0.313 e. The molecule has 0 spiro atoms. The van der Waals surface area contributed by atoms with Crippen molar-refractivity contribution >= 4 is 15.9 Å². The molecule has 0 amide bonds. The number of halogens is 2. The van der Waals surface area contributed by atoms with Crippen LogP contribution in [0.2, 0.25) is 0 Å². The van der Waals surface area contributed by atoms with E-state index in [1.165, 1.54) is 31.2 Å². The number of nitrogens with zero attached hydrogens (tertiary/aromatic N) is 1. The predicted octanol–water partition coefficient (Wildman–Crippen LogP) is 3.94. The molecule has 1 fully saturated rings. The van der Waals surface area contributed by atoms with Crippen molar-refractivity contribution < 1.29 is 4.39 Å². The van der Waals surface area contributed by atoms with Crippen LogP contribution in [0, 0.1) is 5.82 Å². The van der Waals surface area contributed by atoms with Crippen LogP contribution in [0.3, 0.4) is 0 Å². The number of nitrogens with one attached hydrogen (secondary N) is 1. The van der Waals surface area contributed by atoms with Gasteiger partial charge in [0.15, 0.2) is 0 Å². The molecular formula is C16H24BrFN2. The fourth-order valence-electron chi connectivity index (χ4n) is 2.74. The first-order chi connectivity index (χ1) is 9.69. The van der Waals surface area contributed by atoms with Crippen LogP contribution in [0.1, 0.15) is 38.2 Å². The Labute approximate surface area is 129 Å². The van der Waals surface area contributed by atoms with Gasteiger partial charge in [-0.2, -0.15) is 0 Å². The molecule has 0 radical (unpaired) electrons. The minimum atomic E-state index is -0.189. The Morgan fingerprint density at radius 2 is 2.30 bits per heavy atom. The van der Waals surface area contributed by atoms with Crippen molar-refractivity contribution in [1.29, 1.82) is 0 Å². The van der Waals surface area contributed by atoms with Crippen molar-refractivity contribution in [2.45, 2.75) is 45.2 Å². The monoisotopic (exact) mass is 342 g/mol. The summed E-state index contributed by atoms with van der Waals surface area (Å²) in [5.41, 5.74) is 1.17. The third-order valence-corrected chi connectivity index (χ3v) is 4.47. The predicted molar refractivity (Wildman–Crippen MR) is 85.3 cm³/mol. The molecular weight excluding hydrogens is 319 g/mol. The molecule has 0 saturated carbocycles. The van der Waals surface area contributed by atoms with Crippen LogP contribution in [0.5, 0.6) is 0 Å². The molecule has 1 saturated heterocycles. The Balaban J connectivity index is 1.95. The highest BCUT2D eigenvalue weighted by atomic mass is 79.9. The molecule has 2 nitrogen and oxygen atoms in total. The zero-order valence-electron chi connectivity index (χ0n) is 12.2. The maximum Gasteiger partial charge on any atom is 0.137 e. The van der Waals surface area contributed by atoms with Gasteiger partial charge in [-0.05, 0) is 66.0 Å². The Bertz CT molecular complexity index is 419. The highest BCUT2D eigenvalue weighted by Crippen LogP contribution is 2.19. The fraction of sp³-hybridized carbons (Fsp3) is 0.625. The van der Waals surface area contributed by atoms with E-state index in [1.54, 1.807) is 6.07 Å². The van der Waals surface area contributed by atoms with Crippen LogP contribution >= 0.6 is 15.9 Å². The molecule has 1 N–H and O–H groups in total. The van der Waals surface area contributed by atoms with Crippen molar-refractivity contribution in [1.82, 2.24) is 10.2 Å². The summed E-state index contributed by atoms with van der Waals surface area (Å²) >= 11 is 3.27. The van der Waals surface area contributed by atoms with E-state index in [1.807, 2.05) is 12.1 Å². The smallest absolute Gasteiger partial charge is 0.137 e. The van der Waals surface area contributed by atoms with Gasteiger partial charge in [0.05, 0.1) is 4.47 Å².